The lowest BCUT2D eigenvalue weighted by atomic mass is 9.82. The maximum absolute atomic E-state index is 13.0. The van der Waals surface area contributed by atoms with Crippen LogP contribution in [-0.2, 0) is 0 Å². The summed E-state index contributed by atoms with van der Waals surface area (Å²) in [6, 6.07) is 0.168. The van der Waals surface area contributed by atoms with Gasteiger partial charge in [0.25, 0.3) is 5.91 Å². The van der Waals surface area contributed by atoms with E-state index in [0.717, 1.165) is 31.7 Å². The Hall–Kier alpha value is -2.51. The minimum atomic E-state index is -0.494. The van der Waals surface area contributed by atoms with Crippen LogP contribution in [0, 0.1) is 31.0 Å². The van der Waals surface area contributed by atoms with Gasteiger partial charge in [-0.2, -0.15) is 0 Å². The van der Waals surface area contributed by atoms with Crippen LogP contribution in [0.2, 0.25) is 0 Å². The molecule has 1 aliphatic carbocycles. The molecule has 2 atom stereocenters. The summed E-state index contributed by atoms with van der Waals surface area (Å²) < 4.78 is 23.8. The fourth-order valence-corrected chi connectivity index (χ4v) is 4.33. The van der Waals surface area contributed by atoms with Gasteiger partial charge in [-0.3, -0.25) is 4.79 Å². The van der Waals surface area contributed by atoms with E-state index < -0.39 is 5.82 Å². The van der Waals surface area contributed by atoms with Gasteiger partial charge in [0.2, 0.25) is 0 Å². The smallest absolute Gasteiger partial charge is 0.316 e. The zero-order chi connectivity index (χ0) is 18.3. The number of nitrogens with zero attached hydrogens (tertiary/aromatic N) is 4. The van der Waals surface area contributed by atoms with Crippen LogP contribution in [0.15, 0.2) is 16.9 Å². The van der Waals surface area contributed by atoms with Crippen LogP contribution < -0.4 is 4.74 Å². The van der Waals surface area contributed by atoms with E-state index >= 15 is 0 Å². The molecule has 0 aromatic carbocycles. The van der Waals surface area contributed by atoms with E-state index in [-0.39, 0.29) is 17.3 Å². The van der Waals surface area contributed by atoms with Crippen LogP contribution in [0.25, 0.3) is 0 Å². The molecule has 2 unspecified atom stereocenters. The summed E-state index contributed by atoms with van der Waals surface area (Å²) in [6.45, 7) is 5.30. The number of amides is 1. The Morgan fingerprint density at radius 2 is 2.19 bits per heavy atom. The van der Waals surface area contributed by atoms with Gasteiger partial charge < -0.3 is 14.2 Å². The molecule has 0 spiro atoms. The molecule has 0 bridgehead atoms. The van der Waals surface area contributed by atoms with Crippen LogP contribution in [0.3, 0.4) is 0 Å². The van der Waals surface area contributed by atoms with Crippen molar-refractivity contribution in [2.24, 2.45) is 11.3 Å². The third kappa shape index (κ3) is 2.83. The first-order valence-corrected chi connectivity index (χ1v) is 8.81. The summed E-state index contributed by atoms with van der Waals surface area (Å²) in [5.74, 6) is 0.404. The number of rotatable bonds is 4. The number of hydrogen-bond acceptors (Lipinski definition) is 6. The number of fused-ring (bicyclic) bond motifs is 1. The number of likely N-dealkylation sites (tertiary alicyclic amines) is 1. The van der Waals surface area contributed by atoms with E-state index in [0.29, 0.717) is 42.6 Å². The van der Waals surface area contributed by atoms with Crippen LogP contribution in [-0.4, -0.2) is 45.6 Å². The Labute approximate surface area is 150 Å². The number of aryl methyl sites for hydroxylation is 2. The second kappa shape index (κ2) is 6.34. The minimum absolute atomic E-state index is 0.0342. The van der Waals surface area contributed by atoms with Crippen molar-refractivity contribution in [1.82, 2.24) is 20.0 Å². The summed E-state index contributed by atoms with van der Waals surface area (Å²) in [6.07, 6.45) is 5.36. The zero-order valence-electron chi connectivity index (χ0n) is 14.9. The average Bonchev–Trinajstić information content (AvgIpc) is 3.26. The number of halogens is 1. The Morgan fingerprint density at radius 3 is 2.88 bits per heavy atom. The lowest BCUT2D eigenvalue weighted by molar-refractivity contribution is 0.0740. The van der Waals surface area contributed by atoms with E-state index in [4.69, 9.17) is 9.26 Å². The van der Waals surface area contributed by atoms with Crippen LogP contribution in [0.5, 0.6) is 6.01 Å². The van der Waals surface area contributed by atoms with E-state index in [1.807, 2.05) is 4.90 Å². The highest BCUT2D eigenvalue weighted by Crippen LogP contribution is 2.49. The average molecular weight is 360 g/mol. The highest BCUT2D eigenvalue weighted by atomic mass is 19.1. The van der Waals surface area contributed by atoms with E-state index in [1.54, 1.807) is 13.8 Å². The molecule has 2 aliphatic rings. The van der Waals surface area contributed by atoms with Crippen LogP contribution >= 0.6 is 0 Å². The van der Waals surface area contributed by atoms with Gasteiger partial charge >= 0.3 is 6.01 Å². The molecular formula is C18H21FN4O3. The largest absolute Gasteiger partial charge is 0.463 e. The Balaban J connectivity index is 1.49. The highest BCUT2D eigenvalue weighted by Gasteiger charge is 2.51. The van der Waals surface area contributed by atoms with Crippen molar-refractivity contribution in [2.75, 3.05) is 19.7 Å². The number of ether oxygens (including phenoxy) is 1. The quantitative estimate of drug-likeness (QED) is 0.833. The number of hydrogen-bond donors (Lipinski definition) is 0. The molecule has 7 nitrogen and oxygen atoms in total. The summed E-state index contributed by atoms with van der Waals surface area (Å²) in [7, 11) is 0. The molecule has 8 heteroatoms. The zero-order valence-corrected chi connectivity index (χ0v) is 14.9. The fraction of sp³-hybridized carbons (Fsp3) is 0.556. The van der Waals surface area contributed by atoms with Crippen LogP contribution in [0.1, 0.15) is 41.1 Å². The van der Waals surface area contributed by atoms with Crippen molar-refractivity contribution in [3.8, 4) is 6.01 Å². The maximum Gasteiger partial charge on any atom is 0.316 e. The van der Waals surface area contributed by atoms with Crippen LogP contribution in [0.4, 0.5) is 4.39 Å². The molecule has 0 N–H and O–H groups in total. The van der Waals surface area contributed by atoms with Gasteiger partial charge in [0.1, 0.15) is 11.3 Å². The Bertz CT molecular complexity index is 803. The van der Waals surface area contributed by atoms with Crippen molar-refractivity contribution in [2.45, 2.75) is 33.1 Å². The summed E-state index contributed by atoms with van der Waals surface area (Å²) in [4.78, 5) is 22.6. The molecule has 2 fully saturated rings. The van der Waals surface area contributed by atoms with Crippen molar-refractivity contribution in [3.05, 3.63) is 35.2 Å². The van der Waals surface area contributed by atoms with Gasteiger partial charge in [-0.1, -0.05) is 11.6 Å². The highest BCUT2D eigenvalue weighted by molar-refractivity contribution is 5.96. The van der Waals surface area contributed by atoms with Gasteiger partial charge in [-0.25, -0.2) is 14.4 Å². The van der Waals surface area contributed by atoms with E-state index in [9.17, 15) is 9.18 Å². The monoisotopic (exact) mass is 360 g/mol. The normalized spacial score (nSPS) is 24.7. The molecule has 1 saturated carbocycles. The van der Waals surface area contributed by atoms with Crippen molar-refractivity contribution in [3.63, 3.8) is 0 Å². The number of carbonyl (C=O) groups is 1. The molecule has 2 aromatic heterocycles. The molecule has 26 heavy (non-hydrogen) atoms. The second-order valence-corrected chi connectivity index (χ2v) is 7.31. The SMILES string of the molecule is Cc1noc(C)c1C(=O)N1CC2CCCC2(COc2ncc(F)cn2)C1. The summed E-state index contributed by atoms with van der Waals surface area (Å²) in [5.41, 5.74) is 1.07. The third-order valence-electron chi connectivity index (χ3n) is 5.66. The van der Waals surface area contributed by atoms with Gasteiger partial charge in [0.15, 0.2) is 5.82 Å². The molecular weight excluding hydrogens is 339 g/mol. The van der Waals surface area contributed by atoms with Gasteiger partial charge in [-0.15, -0.1) is 0 Å². The first-order valence-electron chi connectivity index (χ1n) is 8.81. The van der Waals surface area contributed by atoms with Crippen molar-refractivity contribution >= 4 is 5.91 Å². The van der Waals surface area contributed by atoms with Crippen molar-refractivity contribution < 1.29 is 18.4 Å². The molecule has 4 rings (SSSR count). The summed E-state index contributed by atoms with van der Waals surface area (Å²) >= 11 is 0. The first kappa shape index (κ1) is 16.9. The molecule has 138 valence electrons. The summed E-state index contributed by atoms with van der Waals surface area (Å²) in [5, 5.41) is 3.89. The molecule has 1 aliphatic heterocycles. The van der Waals surface area contributed by atoms with Gasteiger partial charge in [-0.05, 0) is 32.6 Å². The number of aromatic nitrogens is 3. The topological polar surface area (TPSA) is 81.4 Å². The molecule has 3 heterocycles. The van der Waals surface area contributed by atoms with E-state index in [1.165, 1.54) is 0 Å². The van der Waals surface area contributed by atoms with Gasteiger partial charge in [0.05, 0.1) is 24.7 Å². The molecule has 1 saturated heterocycles. The third-order valence-corrected chi connectivity index (χ3v) is 5.66. The Morgan fingerprint density at radius 1 is 1.42 bits per heavy atom. The molecule has 1 amide bonds. The number of carbonyl (C=O) groups excluding carboxylic acids is 1. The predicted molar refractivity (Wildman–Crippen MR) is 89.1 cm³/mol. The predicted octanol–water partition coefficient (Wildman–Crippen LogP) is 2.54. The standard InChI is InChI=1S/C18H21FN4O3/c1-11-15(12(2)26-22-11)16(24)23-8-13-4-3-5-18(13,9-23)10-25-17-20-6-14(19)7-21-17/h6-7,13H,3-5,8-10H2,1-2H3. The molecule has 0 radical (unpaired) electrons. The first-order chi connectivity index (χ1) is 12.5. The Kier molecular flexibility index (Phi) is 4.13. The lowest BCUT2D eigenvalue weighted by Gasteiger charge is -2.28. The molecule has 2 aromatic rings. The fourth-order valence-electron chi connectivity index (χ4n) is 4.33. The minimum Gasteiger partial charge on any atom is -0.463 e. The second-order valence-electron chi connectivity index (χ2n) is 7.31. The van der Waals surface area contributed by atoms with Gasteiger partial charge in [0, 0.05) is 18.5 Å². The maximum atomic E-state index is 13.0. The van der Waals surface area contributed by atoms with Crippen molar-refractivity contribution in [1.29, 1.82) is 0 Å². The van der Waals surface area contributed by atoms with E-state index in [2.05, 4.69) is 15.1 Å². The lowest BCUT2D eigenvalue weighted by Crippen LogP contribution is -2.36.